The molecule has 152 valence electrons. The monoisotopic (exact) mass is 440 g/mol. The molecule has 0 aliphatic carbocycles. The molecule has 7 nitrogen and oxygen atoms in total. The van der Waals surface area contributed by atoms with Crippen LogP contribution in [-0.4, -0.2) is 24.0 Å². The van der Waals surface area contributed by atoms with E-state index in [-0.39, 0.29) is 18.3 Å². The van der Waals surface area contributed by atoms with E-state index in [0.717, 1.165) is 27.7 Å². The van der Waals surface area contributed by atoms with Gasteiger partial charge in [-0.2, -0.15) is 0 Å². The van der Waals surface area contributed by atoms with Crippen molar-refractivity contribution in [2.24, 2.45) is 0 Å². The van der Waals surface area contributed by atoms with Gasteiger partial charge in [-0.25, -0.2) is 9.78 Å². The summed E-state index contributed by atoms with van der Waals surface area (Å²) in [5, 5.41) is 5.90. The van der Waals surface area contributed by atoms with Crippen molar-refractivity contribution in [2.75, 3.05) is 12.4 Å². The average Bonchev–Trinajstić information content (AvgIpc) is 3.54. The lowest BCUT2D eigenvalue weighted by atomic mass is 10.2. The number of thiophene rings is 1. The van der Waals surface area contributed by atoms with Gasteiger partial charge in [0.05, 0.1) is 24.1 Å². The molecule has 4 rings (SSSR count). The number of methoxy groups -OCH3 is 1. The number of ether oxygens (including phenoxy) is 2. The van der Waals surface area contributed by atoms with Crippen molar-refractivity contribution >= 4 is 39.6 Å². The highest BCUT2D eigenvalue weighted by molar-refractivity contribution is 7.18. The van der Waals surface area contributed by atoms with Crippen LogP contribution in [0.2, 0.25) is 0 Å². The summed E-state index contributed by atoms with van der Waals surface area (Å²) in [7, 11) is 1.62. The van der Waals surface area contributed by atoms with E-state index in [2.05, 4.69) is 10.3 Å². The molecule has 1 N–H and O–H groups in total. The summed E-state index contributed by atoms with van der Waals surface area (Å²) in [6, 6.07) is 14.0. The van der Waals surface area contributed by atoms with Crippen molar-refractivity contribution in [1.29, 1.82) is 0 Å². The fourth-order valence-electron chi connectivity index (χ4n) is 2.55. The number of esters is 1. The zero-order chi connectivity index (χ0) is 20.9. The molecule has 0 fully saturated rings. The molecule has 3 heterocycles. The molecule has 3 aromatic heterocycles. The maximum atomic E-state index is 12.3. The Morgan fingerprint density at radius 3 is 2.70 bits per heavy atom. The Morgan fingerprint density at radius 2 is 1.97 bits per heavy atom. The fourth-order valence-corrected chi connectivity index (χ4v) is 4.15. The SMILES string of the molecule is COc1ccc(-c2nc(COC(=O)c3ccc(NC(=O)c4ccco4)s3)cs2)cc1. The molecule has 0 radical (unpaired) electrons. The third-order valence-electron chi connectivity index (χ3n) is 4.03. The Morgan fingerprint density at radius 1 is 1.13 bits per heavy atom. The summed E-state index contributed by atoms with van der Waals surface area (Å²) < 4.78 is 15.6. The van der Waals surface area contributed by atoms with Crippen molar-refractivity contribution in [3.63, 3.8) is 0 Å². The first-order valence-electron chi connectivity index (χ1n) is 8.83. The van der Waals surface area contributed by atoms with Crippen molar-refractivity contribution in [3.8, 4) is 16.3 Å². The van der Waals surface area contributed by atoms with Crippen LogP contribution in [0.4, 0.5) is 5.00 Å². The van der Waals surface area contributed by atoms with Crippen LogP contribution in [-0.2, 0) is 11.3 Å². The number of aromatic nitrogens is 1. The van der Waals surface area contributed by atoms with Gasteiger partial charge in [-0.15, -0.1) is 22.7 Å². The summed E-state index contributed by atoms with van der Waals surface area (Å²) in [5.41, 5.74) is 1.63. The van der Waals surface area contributed by atoms with Gasteiger partial charge >= 0.3 is 5.97 Å². The molecular weight excluding hydrogens is 424 g/mol. The zero-order valence-corrected chi connectivity index (χ0v) is 17.4. The molecule has 30 heavy (non-hydrogen) atoms. The first kappa shape index (κ1) is 19.9. The van der Waals surface area contributed by atoms with Gasteiger partial charge in [-0.05, 0) is 48.5 Å². The number of hydrogen-bond donors (Lipinski definition) is 1. The molecular formula is C21H16N2O5S2. The Kier molecular flexibility index (Phi) is 5.92. The van der Waals surface area contributed by atoms with Gasteiger partial charge < -0.3 is 19.2 Å². The summed E-state index contributed by atoms with van der Waals surface area (Å²) >= 11 is 2.61. The average molecular weight is 441 g/mol. The number of carbonyl (C=O) groups is 2. The maximum absolute atomic E-state index is 12.3. The predicted octanol–water partition coefficient (Wildman–Crippen LogP) is 5.08. The summed E-state index contributed by atoms with van der Waals surface area (Å²) in [6.07, 6.45) is 1.42. The minimum Gasteiger partial charge on any atom is -0.497 e. The molecule has 1 aromatic carbocycles. The largest absolute Gasteiger partial charge is 0.497 e. The van der Waals surface area contributed by atoms with Crippen LogP contribution >= 0.6 is 22.7 Å². The second-order valence-corrected chi connectivity index (χ2v) is 7.99. The molecule has 9 heteroatoms. The first-order valence-corrected chi connectivity index (χ1v) is 10.5. The highest BCUT2D eigenvalue weighted by Crippen LogP contribution is 2.27. The molecule has 0 aliphatic rings. The van der Waals surface area contributed by atoms with E-state index in [9.17, 15) is 9.59 Å². The van der Waals surface area contributed by atoms with Crippen molar-refractivity contribution in [3.05, 3.63) is 76.5 Å². The third kappa shape index (κ3) is 4.58. The van der Waals surface area contributed by atoms with Crippen molar-refractivity contribution in [2.45, 2.75) is 6.61 Å². The van der Waals surface area contributed by atoms with Gasteiger partial charge in [-0.1, -0.05) is 0 Å². The predicted molar refractivity (Wildman–Crippen MR) is 114 cm³/mol. The number of carbonyl (C=O) groups excluding carboxylic acids is 2. The number of amides is 1. The van der Waals surface area contributed by atoms with E-state index in [1.54, 1.807) is 31.4 Å². The van der Waals surface area contributed by atoms with Gasteiger partial charge in [-0.3, -0.25) is 4.79 Å². The second kappa shape index (κ2) is 8.93. The van der Waals surface area contributed by atoms with E-state index in [0.29, 0.717) is 15.6 Å². The van der Waals surface area contributed by atoms with Gasteiger partial charge in [0.1, 0.15) is 22.2 Å². The normalized spacial score (nSPS) is 10.6. The molecule has 4 aromatic rings. The summed E-state index contributed by atoms with van der Waals surface area (Å²) in [6.45, 7) is 0.0669. The van der Waals surface area contributed by atoms with E-state index < -0.39 is 5.97 Å². The van der Waals surface area contributed by atoms with E-state index in [1.807, 2.05) is 29.6 Å². The summed E-state index contributed by atoms with van der Waals surface area (Å²) in [4.78, 5) is 29.2. The second-order valence-electron chi connectivity index (χ2n) is 6.04. The van der Waals surface area contributed by atoms with E-state index >= 15 is 0 Å². The number of nitrogens with zero attached hydrogens (tertiary/aromatic N) is 1. The smallest absolute Gasteiger partial charge is 0.348 e. The summed E-state index contributed by atoms with van der Waals surface area (Å²) in [5.74, 6) is 0.122. The number of rotatable bonds is 7. The Hall–Kier alpha value is -3.43. The molecule has 0 saturated carbocycles. The van der Waals surface area contributed by atoms with Crippen LogP contribution in [0.25, 0.3) is 10.6 Å². The van der Waals surface area contributed by atoms with Crippen LogP contribution in [0.1, 0.15) is 25.9 Å². The van der Waals surface area contributed by atoms with E-state index in [4.69, 9.17) is 13.9 Å². The fraction of sp³-hybridized carbons (Fsp3) is 0.0952. The number of thiazole rings is 1. The first-order chi connectivity index (χ1) is 14.6. The van der Waals surface area contributed by atoms with Gasteiger partial charge in [0.15, 0.2) is 5.76 Å². The number of furan rings is 1. The minimum absolute atomic E-state index is 0.0669. The number of hydrogen-bond acceptors (Lipinski definition) is 8. The lowest BCUT2D eigenvalue weighted by Crippen LogP contribution is -2.09. The van der Waals surface area contributed by atoms with Gasteiger partial charge in [0.25, 0.3) is 5.91 Å². The van der Waals surface area contributed by atoms with Crippen LogP contribution in [0.5, 0.6) is 5.75 Å². The quantitative estimate of drug-likeness (QED) is 0.403. The highest BCUT2D eigenvalue weighted by atomic mass is 32.1. The molecule has 1 amide bonds. The van der Waals surface area contributed by atoms with Crippen LogP contribution < -0.4 is 10.1 Å². The Balaban J connectivity index is 1.33. The third-order valence-corrected chi connectivity index (χ3v) is 5.95. The number of nitrogens with one attached hydrogen (secondary N) is 1. The minimum atomic E-state index is -0.475. The molecule has 0 bridgehead atoms. The van der Waals surface area contributed by atoms with Crippen molar-refractivity contribution < 1.29 is 23.5 Å². The van der Waals surface area contributed by atoms with Gasteiger partial charge in [0.2, 0.25) is 0 Å². The number of anilines is 1. The molecule has 0 aliphatic heterocycles. The molecule has 0 spiro atoms. The highest BCUT2D eigenvalue weighted by Gasteiger charge is 2.15. The van der Waals surface area contributed by atoms with Gasteiger partial charge in [0, 0.05) is 10.9 Å². The standard InChI is InChI=1S/C21H16N2O5S2/c1-26-15-6-4-13(5-7-15)20-22-14(12-29-20)11-28-21(25)17-8-9-18(30-17)23-19(24)16-3-2-10-27-16/h2-10,12H,11H2,1H3,(H,23,24). The van der Waals surface area contributed by atoms with Crippen LogP contribution in [0.3, 0.4) is 0 Å². The van der Waals surface area contributed by atoms with Crippen LogP contribution in [0, 0.1) is 0 Å². The van der Waals surface area contributed by atoms with Crippen LogP contribution in [0.15, 0.2) is 64.6 Å². The number of benzene rings is 1. The zero-order valence-electron chi connectivity index (χ0n) is 15.8. The topological polar surface area (TPSA) is 90.7 Å². The maximum Gasteiger partial charge on any atom is 0.348 e. The van der Waals surface area contributed by atoms with E-state index in [1.165, 1.54) is 17.6 Å². The Labute approximate surface area is 179 Å². The van der Waals surface area contributed by atoms with Crippen molar-refractivity contribution in [1.82, 2.24) is 4.98 Å². The molecule has 0 unspecified atom stereocenters. The Bertz CT molecular complexity index is 1150. The molecule has 0 saturated heterocycles. The molecule has 0 atom stereocenters. The lowest BCUT2D eigenvalue weighted by Gasteiger charge is -2.01. The lowest BCUT2D eigenvalue weighted by molar-refractivity contribution is 0.0474.